The van der Waals surface area contributed by atoms with Gasteiger partial charge in [0.1, 0.15) is 0 Å². The van der Waals surface area contributed by atoms with Gasteiger partial charge in [-0.1, -0.05) is 22.4 Å². The van der Waals surface area contributed by atoms with Crippen LogP contribution >= 0.6 is 15.9 Å². The molecule has 18 heavy (non-hydrogen) atoms. The van der Waals surface area contributed by atoms with Crippen molar-refractivity contribution in [1.29, 1.82) is 0 Å². The molecule has 1 aromatic rings. The highest BCUT2D eigenvalue weighted by molar-refractivity contribution is 9.10. The monoisotopic (exact) mass is 309 g/mol. The van der Waals surface area contributed by atoms with Crippen LogP contribution in [-0.2, 0) is 0 Å². The number of halogens is 1. The van der Waals surface area contributed by atoms with E-state index in [4.69, 9.17) is 0 Å². The van der Waals surface area contributed by atoms with E-state index in [1.54, 1.807) is 6.07 Å². The number of anilines is 1. The average Bonchev–Trinajstić information content (AvgIpc) is 2.93. The fourth-order valence-electron chi connectivity index (χ4n) is 3.44. The number of carboxylic acids is 1. The Kier molecular flexibility index (Phi) is 3.06. The maximum Gasteiger partial charge on any atom is 0.337 e. The van der Waals surface area contributed by atoms with Crippen LogP contribution in [0.2, 0.25) is 0 Å². The van der Waals surface area contributed by atoms with Crippen LogP contribution in [0, 0.1) is 11.8 Å². The van der Waals surface area contributed by atoms with Crippen LogP contribution in [0.1, 0.15) is 36.0 Å². The van der Waals surface area contributed by atoms with Crippen molar-refractivity contribution in [3.05, 3.63) is 28.2 Å². The zero-order chi connectivity index (χ0) is 12.7. The van der Waals surface area contributed by atoms with Gasteiger partial charge in [-0.05, 0) is 49.3 Å². The van der Waals surface area contributed by atoms with E-state index in [-0.39, 0.29) is 0 Å². The van der Waals surface area contributed by atoms with Crippen molar-refractivity contribution in [3.8, 4) is 0 Å². The van der Waals surface area contributed by atoms with Gasteiger partial charge in [0.25, 0.3) is 0 Å². The van der Waals surface area contributed by atoms with Crippen molar-refractivity contribution in [2.24, 2.45) is 11.8 Å². The molecule has 0 heterocycles. The number of hydrogen-bond acceptors (Lipinski definition) is 2. The van der Waals surface area contributed by atoms with Gasteiger partial charge in [0, 0.05) is 16.2 Å². The molecule has 96 valence electrons. The smallest absolute Gasteiger partial charge is 0.337 e. The van der Waals surface area contributed by atoms with Gasteiger partial charge in [-0.15, -0.1) is 0 Å². The van der Waals surface area contributed by atoms with Gasteiger partial charge in [0.15, 0.2) is 0 Å². The largest absolute Gasteiger partial charge is 0.478 e. The first kappa shape index (κ1) is 12.0. The summed E-state index contributed by atoms with van der Waals surface area (Å²) in [6.45, 7) is 0. The number of hydrogen-bond donors (Lipinski definition) is 2. The highest BCUT2D eigenvalue weighted by atomic mass is 79.9. The lowest BCUT2D eigenvalue weighted by Crippen LogP contribution is -2.26. The fraction of sp³-hybridized carbons (Fsp3) is 0.500. The van der Waals surface area contributed by atoms with Gasteiger partial charge in [-0.25, -0.2) is 4.79 Å². The van der Waals surface area contributed by atoms with Crippen LogP contribution in [0.4, 0.5) is 5.69 Å². The fourth-order valence-corrected chi connectivity index (χ4v) is 3.80. The third kappa shape index (κ3) is 2.14. The molecule has 2 bridgehead atoms. The lowest BCUT2D eigenvalue weighted by Gasteiger charge is -2.24. The van der Waals surface area contributed by atoms with Gasteiger partial charge < -0.3 is 10.4 Å². The molecular formula is C14H16BrNO2. The van der Waals surface area contributed by atoms with Crippen molar-refractivity contribution in [2.75, 3.05) is 5.32 Å². The Morgan fingerprint density at radius 2 is 2.17 bits per heavy atom. The van der Waals surface area contributed by atoms with Crippen LogP contribution in [0.3, 0.4) is 0 Å². The van der Waals surface area contributed by atoms with Gasteiger partial charge >= 0.3 is 5.97 Å². The third-order valence-electron chi connectivity index (χ3n) is 4.29. The van der Waals surface area contributed by atoms with Crippen LogP contribution < -0.4 is 5.32 Å². The van der Waals surface area contributed by atoms with Crippen molar-refractivity contribution < 1.29 is 9.90 Å². The molecule has 3 rings (SSSR count). The molecule has 2 aliphatic rings. The summed E-state index contributed by atoms with van der Waals surface area (Å²) in [4.78, 5) is 11.2. The molecule has 4 heteroatoms. The molecule has 2 aliphatic carbocycles. The summed E-state index contributed by atoms with van der Waals surface area (Å²) < 4.78 is 0.804. The van der Waals surface area contributed by atoms with Gasteiger partial charge in [0.2, 0.25) is 0 Å². The zero-order valence-corrected chi connectivity index (χ0v) is 11.6. The SMILES string of the molecule is O=C(O)c1cc(Br)ccc1NC1CC2CCC1C2. The van der Waals surface area contributed by atoms with Crippen molar-refractivity contribution in [1.82, 2.24) is 0 Å². The Morgan fingerprint density at radius 3 is 2.78 bits per heavy atom. The lowest BCUT2D eigenvalue weighted by molar-refractivity contribution is 0.0698. The van der Waals surface area contributed by atoms with Gasteiger partial charge in [0.05, 0.1) is 5.56 Å². The lowest BCUT2D eigenvalue weighted by atomic mass is 9.95. The van der Waals surface area contributed by atoms with Crippen LogP contribution in [0.15, 0.2) is 22.7 Å². The predicted octanol–water partition coefficient (Wildman–Crippen LogP) is 3.75. The van der Waals surface area contributed by atoms with E-state index in [9.17, 15) is 9.90 Å². The second-order valence-electron chi connectivity index (χ2n) is 5.42. The number of carboxylic acid groups (broad SMARTS) is 1. The number of rotatable bonds is 3. The van der Waals surface area contributed by atoms with E-state index < -0.39 is 5.97 Å². The second kappa shape index (κ2) is 4.57. The number of benzene rings is 1. The minimum absolute atomic E-state index is 0.354. The minimum Gasteiger partial charge on any atom is -0.478 e. The van der Waals surface area contributed by atoms with Crippen molar-refractivity contribution in [2.45, 2.75) is 31.7 Å². The maximum atomic E-state index is 11.2. The standard InChI is InChI=1S/C14H16BrNO2/c15-10-3-4-12(11(7-10)14(17)18)16-13-6-8-1-2-9(13)5-8/h3-4,7-9,13,16H,1-2,5-6H2,(H,17,18). The van der Waals surface area contributed by atoms with Crippen LogP contribution in [0.25, 0.3) is 0 Å². The highest BCUT2D eigenvalue weighted by Crippen LogP contribution is 2.45. The molecule has 0 amide bonds. The summed E-state index contributed by atoms with van der Waals surface area (Å²) in [6, 6.07) is 5.88. The molecule has 2 saturated carbocycles. The summed E-state index contributed by atoms with van der Waals surface area (Å²) in [5.74, 6) is 0.721. The number of nitrogens with one attached hydrogen (secondary N) is 1. The first-order valence-corrected chi connectivity index (χ1v) is 7.22. The normalized spacial score (nSPS) is 29.5. The maximum absolute atomic E-state index is 11.2. The third-order valence-corrected chi connectivity index (χ3v) is 4.78. The Morgan fingerprint density at radius 1 is 1.33 bits per heavy atom. The van der Waals surface area contributed by atoms with Gasteiger partial charge in [-0.3, -0.25) is 0 Å². The molecule has 0 aromatic heterocycles. The quantitative estimate of drug-likeness (QED) is 0.894. The molecule has 3 atom stereocenters. The summed E-state index contributed by atoms with van der Waals surface area (Å²) in [6.07, 6.45) is 5.16. The molecule has 1 aromatic carbocycles. The second-order valence-corrected chi connectivity index (χ2v) is 6.34. The Labute approximate surface area is 115 Å². The minimum atomic E-state index is -0.873. The molecular weight excluding hydrogens is 294 g/mol. The molecule has 0 aliphatic heterocycles. The number of carbonyl (C=O) groups is 1. The predicted molar refractivity (Wildman–Crippen MR) is 74.0 cm³/mol. The molecule has 0 radical (unpaired) electrons. The Hall–Kier alpha value is -1.03. The van der Waals surface area contributed by atoms with E-state index in [2.05, 4.69) is 21.2 Å². The van der Waals surface area contributed by atoms with E-state index in [1.807, 2.05) is 12.1 Å². The van der Waals surface area contributed by atoms with E-state index in [1.165, 1.54) is 25.7 Å². The molecule has 2 fully saturated rings. The molecule has 3 unspecified atom stereocenters. The molecule has 0 saturated heterocycles. The molecule has 2 N–H and O–H groups in total. The molecule has 3 nitrogen and oxygen atoms in total. The number of aromatic carboxylic acids is 1. The number of fused-ring (bicyclic) bond motifs is 2. The molecule has 0 spiro atoms. The first-order chi connectivity index (χ1) is 8.63. The van der Waals surface area contributed by atoms with Crippen molar-refractivity contribution in [3.63, 3.8) is 0 Å². The topological polar surface area (TPSA) is 49.3 Å². The van der Waals surface area contributed by atoms with Crippen molar-refractivity contribution >= 4 is 27.6 Å². The van der Waals surface area contributed by atoms with Gasteiger partial charge in [-0.2, -0.15) is 0 Å². The Balaban J connectivity index is 1.82. The zero-order valence-electron chi connectivity index (χ0n) is 10.0. The summed E-state index contributed by atoms with van der Waals surface area (Å²) >= 11 is 3.32. The average molecular weight is 310 g/mol. The van der Waals surface area contributed by atoms with Crippen LogP contribution in [0.5, 0.6) is 0 Å². The Bertz CT molecular complexity index is 489. The summed E-state index contributed by atoms with van der Waals surface area (Å²) in [5.41, 5.74) is 1.11. The summed E-state index contributed by atoms with van der Waals surface area (Å²) in [5, 5.41) is 12.7. The first-order valence-electron chi connectivity index (χ1n) is 6.43. The summed E-state index contributed by atoms with van der Waals surface area (Å²) in [7, 11) is 0. The van der Waals surface area contributed by atoms with E-state index in [0.717, 1.165) is 22.0 Å². The van der Waals surface area contributed by atoms with E-state index in [0.29, 0.717) is 11.6 Å². The van der Waals surface area contributed by atoms with E-state index >= 15 is 0 Å². The van der Waals surface area contributed by atoms with Crippen LogP contribution in [-0.4, -0.2) is 17.1 Å². The highest BCUT2D eigenvalue weighted by Gasteiger charge is 2.39.